The van der Waals surface area contributed by atoms with Gasteiger partial charge in [-0.1, -0.05) is 38.3 Å². The number of aliphatic hydroxyl groups is 2. The summed E-state index contributed by atoms with van der Waals surface area (Å²) in [6.45, 7) is 6.96. The molecule has 0 heterocycles. The highest BCUT2D eigenvalue weighted by Crippen LogP contribution is 2.67. The maximum atomic E-state index is 11.0. The van der Waals surface area contributed by atoms with Gasteiger partial charge in [0.2, 0.25) is 0 Å². The van der Waals surface area contributed by atoms with Gasteiger partial charge < -0.3 is 10.2 Å². The van der Waals surface area contributed by atoms with E-state index in [9.17, 15) is 10.2 Å². The fourth-order valence-corrected chi connectivity index (χ4v) is 7.09. The second-order valence-corrected chi connectivity index (χ2v) is 9.74. The highest BCUT2D eigenvalue weighted by atomic mass is 16.3. The van der Waals surface area contributed by atoms with Crippen LogP contribution in [-0.2, 0) is 0 Å². The van der Waals surface area contributed by atoms with Crippen molar-refractivity contribution in [1.29, 1.82) is 0 Å². The summed E-state index contributed by atoms with van der Waals surface area (Å²) in [7, 11) is 0. The summed E-state index contributed by atoms with van der Waals surface area (Å²) < 4.78 is 0. The zero-order valence-electron chi connectivity index (χ0n) is 15.4. The summed E-state index contributed by atoms with van der Waals surface area (Å²) in [6, 6.07) is 0. The molecule has 132 valence electrons. The monoisotopic (exact) mass is 328 g/mol. The van der Waals surface area contributed by atoms with Gasteiger partial charge in [-0.3, -0.25) is 0 Å². The van der Waals surface area contributed by atoms with Gasteiger partial charge in [0, 0.05) is 5.41 Å². The molecule has 4 aliphatic rings. The van der Waals surface area contributed by atoms with E-state index in [1.807, 2.05) is 0 Å². The number of fused-ring (bicyclic) bond motifs is 5. The lowest BCUT2D eigenvalue weighted by atomic mass is 9.46. The third-order valence-electron chi connectivity index (χ3n) is 8.77. The van der Waals surface area contributed by atoms with E-state index < -0.39 is 5.60 Å². The summed E-state index contributed by atoms with van der Waals surface area (Å²) >= 11 is 0. The molecule has 3 fully saturated rings. The summed E-state index contributed by atoms with van der Waals surface area (Å²) in [5.74, 6) is 4.59. The predicted octanol–water partition coefficient (Wildman–Crippen LogP) is 3.92. The molecule has 0 bridgehead atoms. The van der Waals surface area contributed by atoms with Crippen LogP contribution < -0.4 is 0 Å². The molecule has 4 aliphatic carbocycles. The Labute approximate surface area is 146 Å². The number of hydrogen-bond acceptors (Lipinski definition) is 2. The highest BCUT2D eigenvalue weighted by Gasteiger charge is 2.64. The minimum absolute atomic E-state index is 0.243. The van der Waals surface area contributed by atoms with Gasteiger partial charge in [-0.15, -0.1) is 6.42 Å². The predicted molar refractivity (Wildman–Crippen MR) is 96.0 cm³/mol. The Bertz CT molecular complexity index is 616. The lowest BCUT2D eigenvalue weighted by Crippen LogP contribution is -2.57. The zero-order chi connectivity index (χ0) is 17.3. The number of terminal acetylenes is 1. The first-order valence-electron chi connectivity index (χ1n) is 9.84. The number of allylic oxidation sites excluding steroid dienone is 1. The third-order valence-corrected chi connectivity index (χ3v) is 8.77. The normalized spacial score (nSPS) is 56.5. The quantitative estimate of drug-likeness (QED) is 0.523. The van der Waals surface area contributed by atoms with Crippen molar-refractivity contribution < 1.29 is 10.2 Å². The van der Waals surface area contributed by atoms with Crippen LogP contribution in [0.4, 0.5) is 0 Å². The van der Waals surface area contributed by atoms with Crippen LogP contribution in [0.25, 0.3) is 0 Å². The Balaban J connectivity index is 1.75. The fraction of sp³-hybridized carbons (Fsp3) is 0.818. The molecule has 2 N–H and O–H groups in total. The Morgan fingerprint density at radius 2 is 1.83 bits per heavy atom. The maximum absolute atomic E-state index is 11.0. The van der Waals surface area contributed by atoms with Gasteiger partial charge in [-0.2, -0.15) is 0 Å². The van der Waals surface area contributed by atoms with Crippen LogP contribution in [0.5, 0.6) is 0 Å². The van der Waals surface area contributed by atoms with Crippen molar-refractivity contribution >= 4 is 0 Å². The Kier molecular flexibility index (Phi) is 3.56. The van der Waals surface area contributed by atoms with Crippen molar-refractivity contribution in [3.05, 3.63) is 11.6 Å². The minimum Gasteiger partial charge on any atom is -0.389 e. The fourth-order valence-electron chi connectivity index (χ4n) is 7.09. The summed E-state index contributed by atoms with van der Waals surface area (Å²) in [6.07, 6.45) is 15.0. The van der Waals surface area contributed by atoms with Gasteiger partial charge in [0.15, 0.2) is 0 Å². The Morgan fingerprint density at radius 3 is 2.54 bits per heavy atom. The Hall–Kier alpha value is -0.780. The second kappa shape index (κ2) is 5.12. The van der Waals surface area contributed by atoms with Crippen molar-refractivity contribution in [1.82, 2.24) is 0 Å². The first-order valence-corrected chi connectivity index (χ1v) is 9.84. The summed E-state index contributed by atoms with van der Waals surface area (Å²) in [5, 5.41) is 22.1. The van der Waals surface area contributed by atoms with Gasteiger partial charge in [0.1, 0.15) is 5.60 Å². The minimum atomic E-state index is -0.992. The second-order valence-electron chi connectivity index (χ2n) is 9.74. The van der Waals surface area contributed by atoms with Crippen LogP contribution in [-0.4, -0.2) is 21.9 Å². The van der Waals surface area contributed by atoms with Crippen molar-refractivity contribution in [2.75, 3.05) is 0 Å². The molecule has 24 heavy (non-hydrogen) atoms. The molecule has 0 spiro atoms. The van der Waals surface area contributed by atoms with E-state index in [1.54, 1.807) is 0 Å². The van der Waals surface area contributed by atoms with Crippen LogP contribution in [0.1, 0.15) is 65.7 Å². The third kappa shape index (κ3) is 1.92. The summed E-state index contributed by atoms with van der Waals surface area (Å²) in [4.78, 5) is 0. The first-order chi connectivity index (χ1) is 11.2. The molecule has 0 amide bonds. The average molecular weight is 328 g/mol. The lowest BCUT2D eigenvalue weighted by molar-refractivity contribution is -0.121. The molecule has 0 saturated heterocycles. The Morgan fingerprint density at radius 1 is 1.12 bits per heavy atom. The molecule has 0 radical (unpaired) electrons. The van der Waals surface area contributed by atoms with Gasteiger partial charge >= 0.3 is 0 Å². The standard InChI is InChI=1S/C22H32O2/c1-5-22(24)11-8-17-19-16(7-10-21(17,22)4)20(3)9-6-14(2)12-15(20)13-18(19)23/h1,13-14,16-19,23-24H,6-12H2,2-4H3/t14-,16?,17?,18?,19?,20-,21-,22-/m0/s1. The van der Waals surface area contributed by atoms with E-state index in [2.05, 4.69) is 32.8 Å². The molecule has 0 aromatic rings. The number of hydrogen-bond donors (Lipinski definition) is 2. The van der Waals surface area contributed by atoms with E-state index in [0.29, 0.717) is 18.3 Å². The van der Waals surface area contributed by atoms with E-state index >= 15 is 0 Å². The van der Waals surface area contributed by atoms with Crippen molar-refractivity contribution in [3.8, 4) is 12.3 Å². The molecule has 4 rings (SSSR count). The van der Waals surface area contributed by atoms with E-state index in [1.165, 1.54) is 18.4 Å². The smallest absolute Gasteiger partial charge is 0.130 e. The van der Waals surface area contributed by atoms with Gasteiger partial charge in [-0.25, -0.2) is 0 Å². The molecule has 2 nitrogen and oxygen atoms in total. The molecule has 0 aromatic heterocycles. The SMILES string of the molecule is C#C[C@]1(O)CCC2C3C(O)C=C4C[C@@H](C)CC[C@]4(C)C3CC[C@@]21C. The van der Waals surface area contributed by atoms with E-state index in [4.69, 9.17) is 6.42 Å². The van der Waals surface area contributed by atoms with Gasteiger partial charge in [-0.05, 0) is 74.0 Å². The molecular weight excluding hydrogens is 296 g/mol. The lowest BCUT2D eigenvalue weighted by Gasteiger charge is -2.59. The molecule has 8 atom stereocenters. The van der Waals surface area contributed by atoms with Crippen LogP contribution in [0.2, 0.25) is 0 Å². The van der Waals surface area contributed by atoms with E-state index in [0.717, 1.165) is 31.6 Å². The van der Waals surface area contributed by atoms with Crippen LogP contribution >= 0.6 is 0 Å². The topological polar surface area (TPSA) is 40.5 Å². The molecule has 3 saturated carbocycles. The van der Waals surface area contributed by atoms with Crippen LogP contribution in [0.15, 0.2) is 11.6 Å². The first kappa shape index (κ1) is 16.7. The van der Waals surface area contributed by atoms with Crippen LogP contribution in [0, 0.1) is 46.8 Å². The van der Waals surface area contributed by atoms with E-state index in [-0.39, 0.29) is 22.9 Å². The molecule has 0 aromatic carbocycles. The van der Waals surface area contributed by atoms with Gasteiger partial charge in [0.25, 0.3) is 0 Å². The average Bonchev–Trinajstić information content (AvgIpc) is 2.82. The molecule has 2 heteroatoms. The highest BCUT2D eigenvalue weighted by molar-refractivity contribution is 5.30. The summed E-state index contributed by atoms with van der Waals surface area (Å²) in [5.41, 5.74) is 0.514. The van der Waals surface area contributed by atoms with Crippen LogP contribution in [0.3, 0.4) is 0 Å². The molecule has 4 unspecified atom stereocenters. The largest absolute Gasteiger partial charge is 0.389 e. The van der Waals surface area contributed by atoms with Crippen molar-refractivity contribution in [3.63, 3.8) is 0 Å². The van der Waals surface area contributed by atoms with Crippen molar-refractivity contribution in [2.24, 2.45) is 34.5 Å². The maximum Gasteiger partial charge on any atom is 0.130 e. The van der Waals surface area contributed by atoms with Gasteiger partial charge in [0.05, 0.1) is 6.10 Å². The zero-order valence-corrected chi connectivity index (χ0v) is 15.4. The van der Waals surface area contributed by atoms with Crippen molar-refractivity contribution in [2.45, 2.75) is 77.4 Å². The number of aliphatic hydroxyl groups excluding tert-OH is 1. The number of rotatable bonds is 0. The molecule has 0 aliphatic heterocycles. The molecular formula is C22H32O2.